The van der Waals surface area contributed by atoms with E-state index >= 15 is 0 Å². The highest BCUT2D eigenvalue weighted by Crippen LogP contribution is 2.23. The zero-order chi connectivity index (χ0) is 13.0. The van der Waals surface area contributed by atoms with Crippen molar-refractivity contribution >= 4 is 17.6 Å². The maximum Gasteiger partial charge on any atom is 0.305 e. The van der Waals surface area contributed by atoms with Crippen LogP contribution in [0, 0.1) is 6.92 Å². The number of carbonyl (C=O) groups is 1. The normalized spacial score (nSPS) is 14.4. The molecule has 0 heterocycles. The number of nitrogens with one attached hydrogen (secondary N) is 1. The molecule has 1 aromatic carbocycles. The van der Waals surface area contributed by atoms with Crippen molar-refractivity contribution < 1.29 is 15.0 Å². The highest BCUT2D eigenvalue weighted by atomic mass is 35.5. The van der Waals surface area contributed by atoms with Crippen molar-refractivity contribution in [2.24, 2.45) is 0 Å². The maximum absolute atomic E-state index is 10.7. The fraction of sp³-hybridized carbons (Fsp3) is 0.417. The van der Waals surface area contributed by atoms with E-state index in [4.69, 9.17) is 16.7 Å². The lowest BCUT2D eigenvalue weighted by atomic mass is 9.98. The summed E-state index contributed by atoms with van der Waals surface area (Å²) < 4.78 is 0. The smallest absolute Gasteiger partial charge is 0.305 e. The summed E-state index contributed by atoms with van der Waals surface area (Å²) >= 11 is 5.89. The Labute approximate surface area is 105 Å². The van der Waals surface area contributed by atoms with Gasteiger partial charge in [-0.1, -0.05) is 23.7 Å². The van der Waals surface area contributed by atoms with E-state index in [9.17, 15) is 9.90 Å². The van der Waals surface area contributed by atoms with Crippen molar-refractivity contribution in [1.29, 1.82) is 0 Å². The first-order valence-corrected chi connectivity index (χ1v) is 5.66. The van der Waals surface area contributed by atoms with Gasteiger partial charge in [-0.15, -0.1) is 0 Å². The predicted octanol–water partition coefficient (Wildman–Crippen LogP) is 1.74. The molecule has 0 saturated carbocycles. The topological polar surface area (TPSA) is 69.6 Å². The third-order valence-electron chi connectivity index (χ3n) is 2.67. The molecule has 0 fully saturated rings. The Morgan fingerprint density at radius 2 is 2.18 bits per heavy atom. The summed E-state index contributed by atoms with van der Waals surface area (Å²) in [5.74, 6) is -0.950. The molecule has 0 radical (unpaired) electrons. The van der Waals surface area contributed by atoms with Crippen molar-refractivity contribution in [2.75, 3.05) is 7.05 Å². The number of aryl methyl sites for hydroxylation is 1. The quantitative estimate of drug-likeness (QED) is 0.752. The number of aliphatic carboxylic acids is 1. The summed E-state index contributed by atoms with van der Waals surface area (Å²) in [6, 6.07) is 4.64. The van der Waals surface area contributed by atoms with E-state index in [2.05, 4.69) is 5.32 Å². The van der Waals surface area contributed by atoms with Crippen LogP contribution >= 0.6 is 11.6 Å². The van der Waals surface area contributed by atoms with Crippen LogP contribution in [0.4, 0.5) is 0 Å². The van der Waals surface area contributed by atoms with E-state index in [0.717, 1.165) is 5.56 Å². The summed E-state index contributed by atoms with van der Waals surface area (Å²) in [6.45, 7) is 1.84. The molecule has 4 nitrogen and oxygen atoms in total. The van der Waals surface area contributed by atoms with Gasteiger partial charge in [-0.25, -0.2) is 0 Å². The minimum atomic E-state index is -0.950. The molecule has 0 saturated heterocycles. The molecule has 94 valence electrons. The summed E-state index contributed by atoms with van der Waals surface area (Å²) in [5.41, 5.74) is 1.51. The number of carboxylic acids is 1. The number of rotatable bonds is 5. The van der Waals surface area contributed by atoms with Gasteiger partial charge in [-0.05, 0) is 31.2 Å². The molecule has 17 heavy (non-hydrogen) atoms. The largest absolute Gasteiger partial charge is 0.481 e. The number of aliphatic hydroxyl groups is 1. The average molecular weight is 258 g/mol. The molecular weight excluding hydrogens is 242 g/mol. The number of hydrogen-bond donors (Lipinski definition) is 3. The van der Waals surface area contributed by atoms with Crippen LogP contribution in [0.2, 0.25) is 5.02 Å². The van der Waals surface area contributed by atoms with E-state index < -0.39 is 18.1 Å². The van der Waals surface area contributed by atoms with Crippen LogP contribution in [-0.4, -0.2) is 29.3 Å². The van der Waals surface area contributed by atoms with Crippen LogP contribution in [-0.2, 0) is 4.79 Å². The third kappa shape index (κ3) is 3.70. The van der Waals surface area contributed by atoms with Gasteiger partial charge in [-0.2, -0.15) is 0 Å². The molecule has 0 amide bonds. The molecule has 2 unspecified atom stereocenters. The first-order valence-electron chi connectivity index (χ1n) is 5.29. The van der Waals surface area contributed by atoms with Crippen LogP contribution in [0.15, 0.2) is 18.2 Å². The van der Waals surface area contributed by atoms with E-state index in [-0.39, 0.29) is 6.42 Å². The number of aliphatic hydroxyl groups excluding tert-OH is 1. The third-order valence-corrected chi connectivity index (χ3v) is 3.09. The molecule has 0 aromatic heterocycles. The van der Waals surface area contributed by atoms with Crippen molar-refractivity contribution in [3.05, 3.63) is 34.3 Å². The van der Waals surface area contributed by atoms with Crippen molar-refractivity contribution in [1.82, 2.24) is 5.32 Å². The second kappa shape index (κ2) is 6.00. The van der Waals surface area contributed by atoms with Crippen LogP contribution in [0.5, 0.6) is 0 Å². The standard InChI is InChI=1S/C12H16ClNO3/c1-7-5-8(3-4-9(7)13)12(17)10(14-2)6-11(15)16/h3-5,10,12,14,17H,6H2,1-2H3,(H,15,16). The Kier molecular flexibility index (Phi) is 4.93. The Morgan fingerprint density at radius 1 is 1.53 bits per heavy atom. The molecule has 1 rings (SSSR count). The second-order valence-electron chi connectivity index (χ2n) is 3.95. The van der Waals surface area contributed by atoms with E-state index in [1.807, 2.05) is 6.92 Å². The molecule has 0 aliphatic rings. The Balaban J connectivity index is 2.89. The molecule has 1 aromatic rings. The van der Waals surface area contributed by atoms with Crippen LogP contribution in [0.25, 0.3) is 0 Å². The zero-order valence-electron chi connectivity index (χ0n) is 9.77. The van der Waals surface area contributed by atoms with Gasteiger partial charge in [0.15, 0.2) is 0 Å². The zero-order valence-corrected chi connectivity index (χ0v) is 10.5. The van der Waals surface area contributed by atoms with E-state index in [1.165, 1.54) is 0 Å². The molecule has 5 heteroatoms. The van der Waals surface area contributed by atoms with Crippen molar-refractivity contribution in [2.45, 2.75) is 25.5 Å². The summed E-state index contributed by atoms with van der Waals surface area (Å²) in [6.07, 6.45) is -1.01. The monoisotopic (exact) mass is 257 g/mol. The lowest BCUT2D eigenvalue weighted by Crippen LogP contribution is -2.34. The van der Waals surface area contributed by atoms with Gasteiger partial charge >= 0.3 is 5.97 Å². The highest BCUT2D eigenvalue weighted by molar-refractivity contribution is 6.31. The SMILES string of the molecule is CNC(CC(=O)O)C(O)c1ccc(Cl)c(C)c1. The minimum Gasteiger partial charge on any atom is -0.481 e. The molecule has 3 N–H and O–H groups in total. The molecule has 0 aliphatic carbocycles. The Morgan fingerprint density at radius 3 is 2.65 bits per heavy atom. The van der Waals surface area contributed by atoms with Gasteiger partial charge in [0.1, 0.15) is 0 Å². The van der Waals surface area contributed by atoms with Crippen molar-refractivity contribution in [3.8, 4) is 0 Å². The van der Waals surface area contributed by atoms with E-state index in [1.54, 1.807) is 25.2 Å². The number of benzene rings is 1. The van der Waals surface area contributed by atoms with Gasteiger partial charge in [0, 0.05) is 11.1 Å². The second-order valence-corrected chi connectivity index (χ2v) is 4.35. The fourth-order valence-electron chi connectivity index (χ4n) is 1.64. The molecule has 0 spiro atoms. The molecular formula is C12H16ClNO3. The number of carboxylic acid groups (broad SMARTS) is 1. The van der Waals surface area contributed by atoms with Gasteiger partial charge in [0.25, 0.3) is 0 Å². The van der Waals surface area contributed by atoms with Crippen LogP contribution in [0.1, 0.15) is 23.7 Å². The number of hydrogen-bond acceptors (Lipinski definition) is 3. The number of halogens is 1. The fourth-order valence-corrected chi connectivity index (χ4v) is 1.76. The average Bonchev–Trinajstić information content (AvgIpc) is 2.28. The Hall–Kier alpha value is -1.10. The minimum absolute atomic E-state index is 0.140. The lowest BCUT2D eigenvalue weighted by Gasteiger charge is -2.21. The van der Waals surface area contributed by atoms with Gasteiger partial charge in [0.2, 0.25) is 0 Å². The van der Waals surface area contributed by atoms with Crippen LogP contribution in [0.3, 0.4) is 0 Å². The summed E-state index contributed by atoms with van der Waals surface area (Å²) in [5, 5.41) is 22.2. The highest BCUT2D eigenvalue weighted by Gasteiger charge is 2.22. The Bertz CT molecular complexity index is 409. The summed E-state index contributed by atoms with van der Waals surface area (Å²) in [4.78, 5) is 10.7. The predicted molar refractivity (Wildman–Crippen MR) is 66.2 cm³/mol. The maximum atomic E-state index is 10.7. The van der Waals surface area contributed by atoms with Gasteiger partial charge < -0.3 is 15.5 Å². The summed E-state index contributed by atoms with van der Waals surface area (Å²) in [7, 11) is 1.62. The van der Waals surface area contributed by atoms with Gasteiger partial charge in [0.05, 0.1) is 12.5 Å². The first-order chi connectivity index (χ1) is 7.95. The number of likely N-dealkylation sites (N-methyl/N-ethyl adjacent to an activating group) is 1. The first kappa shape index (κ1) is 14.0. The van der Waals surface area contributed by atoms with E-state index in [0.29, 0.717) is 10.6 Å². The van der Waals surface area contributed by atoms with Crippen molar-refractivity contribution in [3.63, 3.8) is 0 Å². The molecule has 0 aliphatic heterocycles. The molecule has 2 atom stereocenters. The lowest BCUT2D eigenvalue weighted by molar-refractivity contribution is -0.138. The van der Waals surface area contributed by atoms with Gasteiger partial charge in [-0.3, -0.25) is 4.79 Å². The van der Waals surface area contributed by atoms with Crippen LogP contribution < -0.4 is 5.32 Å². The molecule has 0 bridgehead atoms.